The molecular weight excluding hydrogens is 899 g/mol. The Labute approximate surface area is 361 Å². The van der Waals surface area contributed by atoms with Crippen LogP contribution in [0, 0.1) is 17.2 Å². The Balaban J connectivity index is 0.000000429. The predicted molar refractivity (Wildman–Crippen MR) is 210 cm³/mol. The van der Waals surface area contributed by atoms with Gasteiger partial charge in [-0.2, -0.15) is 49.8 Å². The number of benzene rings is 2. The number of amides is 1. The summed E-state index contributed by atoms with van der Waals surface area (Å²) in [5.74, 6) is -7.17. The number of nitrogens with zero attached hydrogens (tertiary/aromatic N) is 4. The molecule has 2 aliphatic rings. The number of carboxylic acid groups (broad SMARTS) is 3. The fourth-order valence-corrected chi connectivity index (χ4v) is 6.11. The first-order valence-electron chi connectivity index (χ1n) is 18.4. The van der Waals surface area contributed by atoms with Gasteiger partial charge >= 0.3 is 36.4 Å². The van der Waals surface area contributed by atoms with Gasteiger partial charge in [-0.15, -0.1) is 0 Å². The summed E-state index contributed by atoms with van der Waals surface area (Å²) in [6, 6.07) is 16.5. The molecule has 1 amide bonds. The molecule has 0 spiro atoms. The van der Waals surface area contributed by atoms with Gasteiger partial charge < -0.3 is 36.6 Å². The molecule has 15 nitrogen and oxygen atoms in total. The van der Waals surface area contributed by atoms with E-state index in [1.165, 1.54) is 0 Å². The Morgan fingerprint density at radius 2 is 1.48 bits per heavy atom. The van der Waals surface area contributed by atoms with Gasteiger partial charge in [-0.3, -0.25) is 9.78 Å². The zero-order valence-corrected chi connectivity index (χ0v) is 33.7. The third-order valence-corrected chi connectivity index (χ3v) is 9.16. The first kappa shape index (κ1) is 51.6. The molecule has 0 aliphatic carbocycles. The smallest absolute Gasteiger partial charge is 0.475 e. The summed E-state index contributed by atoms with van der Waals surface area (Å²) in [5, 5.41) is 44.9. The highest BCUT2D eigenvalue weighted by molar-refractivity contribution is 6.32. The van der Waals surface area contributed by atoms with Gasteiger partial charge in [0.25, 0.3) is 0 Å². The predicted octanol–water partition coefficient (Wildman–Crippen LogP) is 8.51. The van der Waals surface area contributed by atoms with E-state index in [2.05, 4.69) is 49.2 Å². The molecule has 2 aromatic heterocycles. The Morgan fingerprint density at radius 3 is 2.06 bits per heavy atom. The molecule has 2 unspecified atom stereocenters. The lowest BCUT2D eigenvalue weighted by Gasteiger charge is -2.31. The molecular formula is C39H36ClF9N8O7. The van der Waals surface area contributed by atoms with Crippen molar-refractivity contribution in [3.63, 3.8) is 0 Å². The summed E-state index contributed by atoms with van der Waals surface area (Å²) < 4.78 is 95.2. The lowest BCUT2D eigenvalue weighted by Crippen LogP contribution is -2.34. The number of carboxylic acids is 3. The summed E-state index contributed by atoms with van der Waals surface area (Å²) in [4.78, 5) is 53.3. The van der Waals surface area contributed by atoms with Crippen molar-refractivity contribution in [1.29, 1.82) is 5.26 Å². The van der Waals surface area contributed by atoms with E-state index in [9.17, 15) is 49.6 Å². The van der Waals surface area contributed by atoms with Crippen LogP contribution in [-0.4, -0.2) is 79.2 Å². The van der Waals surface area contributed by atoms with Crippen molar-refractivity contribution in [3.05, 3.63) is 93.9 Å². The Bertz CT molecular complexity index is 2290. The number of anilines is 5. The molecule has 4 heterocycles. The second kappa shape index (κ2) is 22.6. The van der Waals surface area contributed by atoms with Crippen LogP contribution in [-0.2, 0) is 38.4 Å². The largest absolute Gasteiger partial charge is 0.490 e. The van der Waals surface area contributed by atoms with Crippen molar-refractivity contribution in [2.75, 3.05) is 22.5 Å². The van der Waals surface area contributed by atoms with E-state index in [4.69, 9.17) is 41.3 Å². The summed E-state index contributed by atoms with van der Waals surface area (Å²) in [6.07, 6.45) is -5.72. The van der Waals surface area contributed by atoms with Crippen LogP contribution in [0.1, 0.15) is 60.0 Å². The summed E-state index contributed by atoms with van der Waals surface area (Å²) in [6.45, 7) is 2.88. The number of halogens is 10. The standard InChI is InChI=1S/C33H33ClN8O.3C2HF3O2/c1-2-22-4-3-5-26(27(22)16-35)30-13-20(10-11-37-30)14-31(43)41-29-9-8-24-15-23(29)7-6-21-12-25(18-36-17-21)40-33-38-19-28(34)32(39-24)42-33;3*3-2(4,5)1(6)7/h3-5,8-9,12,15,17-20,30,37H,2,6-7,10-11,13-14H2,1H3,(H,41,43)(H2,38,39,40,42);3*(H,6,7). The molecule has 6 rings (SSSR count). The fourth-order valence-electron chi connectivity index (χ4n) is 5.98. The average molecular weight is 935 g/mol. The lowest BCUT2D eigenvalue weighted by atomic mass is 9.84. The van der Waals surface area contributed by atoms with E-state index in [0.717, 1.165) is 77.1 Å². The van der Waals surface area contributed by atoms with Crippen molar-refractivity contribution in [2.24, 2.45) is 5.92 Å². The topological polar surface area (TPSA) is 240 Å². The van der Waals surface area contributed by atoms with E-state index in [-0.39, 0.29) is 17.9 Å². The molecule has 6 bridgehead atoms. The normalized spacial score (nSPS) is 15.5. The number of carbonyl (C=O) groups is 4. The Morgan fingerprint density at radius 1 is 0.859 bits per heavy atom. The molecule has 25 heteroatoms. The number of hydrogen-bond acceptors (Lipinski definition) is 11. The Kier molecular flexibility index (Phi) is 18.2. The highest BCUT2D eigenvalue weighted by Gasteiger charge is 2.39. The molecule has 4 aromatic rings. The summed E-state index contributed by atoms with van der Waals surface area (Å²) >= 11 is 6.40. The van der Waals surface area contributed by atoms with Gasteiger partial charge in [-0.1, -0.05) is 36.7 Å². The maximum Gasteiger partial charge on any atom is 0.490 e. The van der Waals surface area contributed by atoms with Gasteiger partial charge in [0.15, 0.2) is 5.82 Å². The minimum atomic E-state index is -5.08. The maximum atomic E-state index is 13.4. The molecule has 2 aromatic carbocycles. The fraction of sp³-hybridized carbons (Fsp3) is 0.333. The van der Waals surface area contributed by atoms with Crippen molar-refractivity contribution in [2.45, 2.75) is 70.0 Å². The number of piperidine rings is 1. The quantitative estimate of drug-likeness (QED) is 0.0929. The molecule has 7 N–H and O–H groups in total. The highest BCUT2D eigenvalue weighted by Crippen LogP contribution is 2.34. The van der Waals surface area contributed by atoms with Crippen molar-refractivity contribution >= 4 is 64.2 Å². The van der Waals surface area contributed by atoms with Crippen LogP contribution in [0.5, 0.6) is 0 Å². The van der Waals surface area contributed by atoms with E-state index in [0.29, 0.717) is 29.6 Å². The minimum absolute atomic E-state index is 0.00954. The lowest BCUT2D eigenvalue weighted by molar-refractivity contribution is -0.193. The van der Waals surface area contributed by atoms with Gasteiger partial charge in [-0.05, 0) is 91.1 Å². The maximum absolute atomic E-state index is 13.4. The van der Waals surface area contributed by atoms with Gasteiger partial charge in [0.05, 0.1) is 29.7 Å². The molecule has 64 heavy (non-hydrogen) atoms. The van der Waals surface area contributed by atoms with Crippen LogP contribution in [0.2, 0.25) is 5.02 Å². The zero-order valence-electron chi connectivity index (χ0n) is 32.9. The molecule has 1 fully saturated rings. The van der Waals surface area contributed by atoms with Gasteiger partial charge in [0.1, 0.15) is 5.02 Å². The van der Waals surface area contributed by atoms with E-state index >= 15 is 0 Å². The molecule has 344 valence electrons. The molecule has 0 radical (unpaired) electrons. The van der Waals surface area contributed by atoms with Gasteiger partial charge in [0, 0.05) is 30.0 Å². The number of nitrogens with one attached hydrogen (secondary N) is 4. The van der Waals surface area contributed by atoms with Crippen LogP contribution >= 0.6 is 11.6 Å². The molecule has 2 aliphatic heterocycles. The van der Waals surface area contributed by atoms with Crippen LogP contribution in [0.25, 0.3) is 0 Å². The number of aryl methyl sites for hydroxylation is 3. The SMILES string of the molecule is CCc1cccc(C2CC(CC(=O)Nc3ccc4cc3CCc3cncc(c3)Nc3ncc(Cl)c(n3)N4)CCN2)c1C#N.O=C(O)C(F)(F)F.O=C(O)C(F)(F)F.O=C(O)C(F)(F)F. The molecule has 2 atom stereocenters. The third-order valence-electron chi connectivity index (χ3n) is 8.89. The highest BCUT2D eigenvalue weighted by atomic mass is 35.5. The average Bonchev–Trinajstić information content (AvgIpc) is 3.21. The molecule has 1 saturated heterocycles. The monoisotopic (exact) mass is 934 g/mol. The van der Waals surface area contributed by atoms with Crippen molar-refractivity contribution in [1.82, 2.24) is 20.3 Å². The van der Waals surface area contributed by atoms with Gasteiger partial charge in [0.2, 0.25) is 11.9 Å². The van der Waals surface area contributed by atoms with Gasteiger partial charge in [-0.25, -0.2) is 19.4 Å². The second-order valence-corrected chi connectivity index (χ2v) is 13.9. The number of nitriles is 1. The number of fused-ring (bicyclic) bond motifs is 6. The van der Waals surface area contributed by atoms with Crippen LogP contribution < -0.4 is 21.3 Å². The number of alkyl halides is 9. The Hall–Kier alpha value is -6.74. The van der Waals surface area contributed by atoms with E-state index in [1.807, 2.05) is 48.7 Å². The van der Waals surface area contributed by atoms with E-state index < -0.39 is 36.4 Å². The number of aromatic nitrogens is 3. The van der Waals surface area contributed by atoms with Crippen LogP contribution in [0.15, 0.2) is 61.1 Å². The number of rotatable bonds is 5. The van der Waals surface area contributed by atoms with Crippen molar-refractivity contribution < 1.29 is 74.0 Å². The first-order chi connectivity index (χ1) is 29.8. The number of aliphatic carboxylic acids is 3. The number of carbonyl (C=O) groups excluding carboxylic acids is 1. The van der Waals surface area contributed by atoms with E-state index in [1.54, 1.807) is 12.4 Å². The zero-order chi connectivity index (χ0) is 48.0. The molecule has 0 saturated carbocycles. The summed E-state index contributed by atoms with van der Waals surface area (Å²) in [7, 11) is 0. The third kappa shape index (κ3) is 16.2. The first-order valence-corrected chi connectivity index (χ1v) is 18.8. The van der Waals surface area contributed by atoms with Crippen LogP contribution in [0.4, 0.5) is 68.3 Å². The summed E-state index contributed by atoms with van der Waals surface area (Å²) in [5.41, 5.74) is 7.30. The van der Waals surface area contributed by atoms with Crippen LogP contribution in [0.3, 0.4) is 0 Å². The minimum Gasteiger partial charge on any atom is -0.475 e. The van der Waals surface area contributed by atoms with Crippen molar-refractivity contribution in [3.8, 4) is 6.07 Å². The number of pyridine rings is 1. The second-order valence-electron chi connectivity index (χ2n) is 13.5. The number of hydrogen-bond donors (Lipinski definition) is 7.